The van der Waals surface area contributed by atoms with E-state index < -0.39 is 0 Å². The summed E-state index contributed by atoms with van der Waals surface area (Å²) >= 11 is 0. The average molecular weight is 358 g/mol. The van der Waals surface area contributed by atoms with Crippen molar-refractivity contribution in [2.45, 2.75) is 6.92 Å². The molecule has 1 amide bonds. The Morgan fingerprint density at radius 3 is 2.46 bits per heavy atom. The number of benzene rings is 2. The Kier molecular flexibility index (Phi) is 7.76. The molecule has 0 fully saturated rings. The SMILES string of the molecule is CCN(CC(=O)Nc1ccc(OC)c(OCCOC)c1)c1ccccc1. The second kappa shape index (κ2) is 10.3. The monoisotopic (exact) mass is 358 g/mol. The van der Waals surface area contributed by atoms with Gasteiger partial charge in [-0.2, -0.15) is 0 Å². The summed E-state index contributed by atoms with van der Waals surface area (Å²) in [6.07, 6.45) is 0. The number of carbonyl (C=O) groups is 1. The van der Waals surface area contributed by atoms with Crippen LogP contribution in [0.15, 0.2) is 48.5 Å². The lowest BCUT2D eigenvalue weighted by Crippen LogP contribution is -2.33. The van der Waals surface area contributed by atoms with Crippen LogP contribution in [0.5, 0.6) is 11.5 Å². The number of amides is 1. The van der Waals surface area contributed by atoms with E-state index in [1.54, 1.807) is 32.4 Å². The van der Waals surface area contributed by atoms with Gasteiger partial charge in [0, 0.05) is 31.1 Å². The first kappa shape index (κ1) is 19.6. The predicted octanol–water partition coefficient (Wildman–Crippen LogP) is 3.19. The largest absolute Gasteiger partial charge is 0.493 e. The van der Waals surface area contributed by atoms with Gasteiger partial charge >= 0.3 is 0 Å². The molecule has 0 bridgehead atoms. The Hall–Kier alpha value is -2.73. The van der Waals surface area contributed by atoms with Gasteiger partial charge in [0.25, 0.3) is 0 Å². The molecular formula is C20H26N2O4. The zero-order valence-corrected chi connectivity index (χ0v) is 15.5. The lowest BCUT2D eigenvalue weighted by molar-refractivity contribution is -0.115. The molecular weight excluding hydrogens is 332 g/mol. The molecule has 0 saturated heterocycles. The summed E-state index contributed by atoms with van der Waals surface area (Å²) in [4.78, 5) is 14.4. The topological polar surface area (TPSA) is 60.0 Å². The Bertz CT molecular complexity index is 691. The van der Waals surface area contributed by atoms with Gasteiger partial charge in [0.2, 0.25) is 5.91 Å². The minimum Gasteiger partial charge on any atom is -0.493 e. The zero-order chi connectivity index (χ0) is 18.8. The van der Waals surface area contributed by atoms with E-state index in [1.165, 1.54) is 0 Å². The fraction of sp³-hybridized carbons (Fsp3) is 0.350. The smallest absolute Gasteiger partial charge is 0.243 e. The molecule has 0 saturated carbocycles. The number of hydrogen-bond acceptors (Lipinski definition) is 5. The highest BCUT2D eigenvalue weighted by molar-refractivity contribution is 5.94. The number of para-hydroxylation sites is 1. The molecule has 0 aromatic heterocycles. The van der Waals surface area contributed by atoms with E-state index in [9.17, 15) is 4.79 Å². The van der Waals surface area contributed by atoms with Gasteiger partial charge in [0.05, 0.1) is 20.3 Å². The van der Waals surface area contributed by atoms with Gasteiger partial charge in [-0.05, 0) is 31.2 Å². The quantitative estimate of drug-likeness (QED) is 0.661. The first-order valence-corrected chi connectivity index (χ1v) is 8.57. The lowest BCUT2D eigenvalue weighted by Gasteiger charge is -2.22. The van der Waals surface area contributed by atoms with E-state index in [0.29, 0.717) is 30.4 Å². The minimum atomic E-state index is -0.0938. The van der Waals surface area contributed by atoms with Crippen LogP contribution in [-0.2, 0) is 9.53 Å². The predicted molar refractivity (Wildman–Crippen MR) is 103 cm³/mol. The Labute approximate surface area is 154 Å². The molecule has 1 N–H and O–H groups in total. The second-order valence-corrected chi connectivity index (χ2v) is 5.60. The first-order chi connectivity index (χ1) is 12.7. The fourth-order valence-electron chi connectivity index (χ4n) is 2.50. The van der Waals surface area contributed by atoms with Crippen LogP contribution in [0.3, 0.4) is 0 Å². The normalized spacial score (nSPS) is 10.3. The van der Waals surface area contributed by atoms with Crippen molar-refractivity contribution in [1.29, 1.82) is 0 Å². The number of rotatable bonds is 10. The molecule has 0 aliphatic heterocycles. The number of methoxy groups -OCH3 is 2. The van der Waals surface area contributed by atoms with Crippen molar-refractivity contribution in [3.63, 3.8) is 0 Å². The number of likely N-dealkylation sites (N-methyl/N-ethyl adjacent to an activating group) is 1. The molecule has 0 aliphatic carbocycles. The van der Waals surface area contributed by atoms with Crippen LogP contribution in [0.2, 0.25) is 0 Å². The van der Waals surface area contributed by atoms with Gasteiger partial charge in [0.15, 0.2) is 11.5 Å². The van der Waals surface area contributed by atoms with E-state index >= 15 is 0 Å². The number of nitrogens with zero attached hydrogens (tertiary/aromatic N) is 1. The molecule has 26 heavy (non-hydrogen) atoms. The Morgan fingerprint density at radius 2 is 1.81 bits per heavy atom. The van der Waals surface area contributed by atoms with Crippen molar-refractivity contribution in [3.8, 4) is 11.5 Å². The van der Waals surface area contributed by atoms with E-state index in [2.05, 4.69) is 5.32 Å². The van der Waals surface area contributed by atoms with Crippen molar-refractivity contribution in [2.75, 3.05) is 50.7 Å². The molecule has 0 atom stereocenters. The summed E-state index contributed by atoms with van der Waals surface area (Å²) in [5, 5.41) is 2.91. The minimum absolute atomic E-state index is 0.0938. The number of ether oxygens (including phenoxy) is 3. The van der Waals surface area contributed by atoms with Crippen molar-refractivity contribution in [1.82, 2.24) is 0 Å². The van der Waals surface area contributed by atoms with Crippen LogP contribution in [0.4, 0.5) is 11.4 Å². The summed E-state index contributed by atoms with van der Waals surface area (Å²) < 4.78 is 15.9. The molecule has 0 spiro atoms. The average Bonchev–Trinajstić information content (AvgIpc) is 2.67. The number of anilines is 2. The maximum atomic E-state index is 12.4. The lowest BCUT2D eigenvalue weighted by atomic mass is 10.2. The molecule has 0 aliphatic rings. The summed E-state index contributed by atoms with van der Waals surface area (Å²) in [6.45, 7) is 3.91. The van der Waals surface area contributed by atoms with Crippen molar-refractivity contribution in [3.05, 3.63) is 48.5 Å². The molecule has 6 nitrogen and oxygen atoms in total. The van der Waals surface area contributed by atoms with Crippen LogP contribution >= 0.6 is 0 Å². The van der Waals surface area contributed by atoms with Gasteiger partial charge in [-0.1, -0.05) is 18.2 Å². The fourth-order valence-corrected chi connectivity index (χ4v) is 2.50. The van der Waals surface area contributed by atoms with Crippen LogP contribution in [0, 0.1) is 0 Å². The van der Waals surface area contributed by atoms with E-state index in [1.807, 2.05) is 42.2 Å². The number of nitrogens with one attached hydrogen (secondary N) is 1. The van der Waals surface area contributed by atoms with Gasteiger partial charge in [-0.3, -0.25) is 4.79 Å². The highest BCUT2D eigenvalue weighted by Gasteiger charge is 2.12. The van der Waals surface area contributed by atoms with Gasteiger partial charge in [0.1, 0.15) is 6.61 Å². The highest BCUT2D eigenvalue weighted by atomic mass is 16.5. The van der Waals surface area contributed by atoms with Gasteiger partial charge in [-0.15, -0.1) is 0 Å². The third kappa shape index (κ3) is 5.67. The third-order valence-corrected chi connectivity index (χ3v) is 3.83. The molecule has 6 heteroatoms. The van der Waals surface area contributed by atoms with E-state index in [4.69, 9.17) is 14.2 Å². The maximum Gasteiger partial charge on any atom is 0.243 e. The molecule has 0 unspecified atom stereocenters. The molecule has 2 rings (SSSR count). The van der Waals surface area contributed by atoms with Crippen molar-refractivity contribution in [2.24, 2.45) is 0 Å². The van der Waals surface area contributed by atoms with Crippen molar-refractivity contribution >= 4 is 17.3 Å². The molecule has 0 radical (unpaired) electrons. The number of carbonyl (C=O) groups excluding carboxylic acids is 1. The Balaban J connectivity index is 2.02. The van der Waals surface area contributed by atoms with Crippen LogP contribution in [-0.4, -0.2) is 46.4 Å². The Morgan fingerprint density at radius 1 is 1.04 bits per heavy atom. The van der Waals surface area contributed by atoms with Crippen LogP contribution in [0.25, 0.3) is 0 Å². The summed E-state index contributed by atoms with van der Waals surface area (Å²) in [5.74, 6) is 1.08. The van der Waals surface area contributed by atoms with Gasteiger partial charge < -0.3 is 24.4 Å². The van der Waals surface area contributed by atoms with Crippen molar-refractivity contribution < 1.29 is 19.0 Å². The van der Waals surface area contributed by atoms with Gasteiger partial charge in [-0.25, -0.2) is 0 Å². The standard InChI is InChI=1S/C20H26N2O4/c1-4-22(17-8-6-5-7-9-17)15-20(23)21-16-10-11-18(25-3)19(14-16)26-13-12-24-2/h5-11,14H,4,12-13,15H2,1-3H3,(H,21,23). The molecule has 0 heterocycles. The summed E-state index contributed by atoms with van der Waals surface area (Å²) in [5.41, 5.74) is 1.68. The number of hydrogen-bond donors (Lipinski definition) is 1. The summed E-state index contributed by atoms with van der Waals surface area (Å²) in [7, 11) is 3.19. The van der Waals surface area contributed by atoms with Crippen LogP contribution < -0.4 is 19.7 Å². The summed E-state index contributed by atoms with van der Waals surface area (Å²) in [6, 6.07) is 15.2. The maximum absolute atomic E-state index is 12.4. The van der Waals surface area contributed by atoms with E-state index in [-0.39, 0.29) is 12.5 Å². The molecule has 2 aromatic carbocycles. The highest BCUT2D eigenvalue weighted by Crippen LogP contribution is 2.30. The molecule has 2 aromatic rings. The van der Waals surface area contributed by atoms with Crippen LogP contribution in [0.1, 0.15) is 6.92 Å². The van der Waals surface area contributed by atoms with E-state index in [0.717, 1.165) is 12.2 Å². The second-order valence-electron chi connectivity index (χ2n) is 5.60. The first-order valence-electron chi connectivity index (χ1n) is 8.57. The third-order valence-electron chi connectivity index (χ3n) is 3.83. The zero-order valence-electron chi connectivity index (χ0n) is 15.5. The molecule has 140 valence electrons.